The van der Waals surface area contributed by atoms with Crippen molar-refractivity contribution in [2.75, 3.05) is 6.54 Å². The van der Waals surface area contributed by atoms with E-state index in [9.17, 15) is 0 Å². The first-order valence-electron chi connectivity index (χ1n) is 5.24. The molecule has 1 aliphatic carbocycles. The molecule has 1 aromatic carbocycles. The minimum atomic E-state index is 0.573. The van der Waals surface area contributed by atoms with Gasteiger partial charge >= 0.3 is 0 Å². The van der Waals surface area contributed by atoms with Crippen molar-refractivity contribution in [2.24, 2.45) is 5.41 Å². The van der Waals surface area contributed by atoms with Gasteiger partial charge < -0.3 is 5.32 Å². The third-order valence-electron chi connectivity index (χ3n) is 2.97. The molecule has 0 bridgehead atoms. The maximum atomic E-state index is 5.93. The monoisotopic (exact) mass is 287 g/mol. The highest BCUT2D eigenvalue weighted by Crippen LogP contribution is 2.44. The molecule has 1 aliphatic rings. The molecule has 1 aromatic rings. The van der Waals surface area contributed by atoms with E-state index in [1.54, 1.807) is 0 Å². The zero-order valence-corrected chi connectivity index (χ0v) is 11.2. The van der Waals surface area contributed by atoms with Gasteiger partial charge in [-0.25, -0.2) is 0 Å². The van der Waals surface area contributed by atoms with Gasteiger partial charge in [0.25, 0.3) is 0 Å². The van der Waals surface area contributed by atoms with Crippen LogP contribution in [0, 0.1) is 5.41 Å². The van der Waals surface area contributed by atoms with Gasteiger partial charge in [-0.05, 0) is 51.9 Å². The van der Waals surface area contributed by atoms with Crippen molar-refractivity contribution < 1.29 is 0 Å². The number of hydrogen-bond acceptors (Lipinski definition) is 1. The Morgan fingerprint density at radius 3 is 2.80 bits per heavy atom. The van der Waals surface area contributed by atoms with Crippen LogP contribution >= 0.6 is 27.5 Å². The summed E-state index contributed by atoms with van der Waals surface area (Å²) in [7, 11) is 0. The lowest BCUT2D eigenvalue weighted by Gasteiger charge is -2.10. The van der Waals surface area contributed by atoms with Crippen LogP contribution in [0.2, 0.25) is 5.02 Å². The highest BCUT2D eigenvalue weighted by atomic mass is 79.9. The zero-order chi connectivity index (χ0) is 10.9. The van der Waals surface area contributed by atoms with E-state index in [0.717, 1.165) is 22.6 Å². The van der Waals surface area contributed by atoms with Gasteiger partial charge in [0.2, 0.25) is 0 Å². The molecular formula is C12H15BrClN. The lowest BCUT2D eigenvalue weighted by Crippen LogP contribution is -2.21. The highest BCUT2D eigenvalue weighted by molar-refractivity contribution is 9.10. The van der Waals surface area contributed by atoms with Crippen molar-refractivity contribution in [3.63, 3.8) is 0 Å². The van der Waals surface area contributed by atoms with Crippen molar-refractivity contribution in [3.8, 4) is 0 Å². The van der Waals surface area contributed by atoms with Crippen molar-refractivity contribution in [2.45, 2.75) is 26.3 Å². The van der Waals surface area contributed by atoms with Crippen LogP contribution in [-0.2, 0) is 6.54 Å². The molecule has 0 heterocycles. The maximum Gasteiger partial charge on any atom is 0.0548 e. The van der Waals surface area contributed by atoms with Crippen LogP contribution in [-0.4, -0.2) is 6.54 Å². The van der Waals surface area contributed by atoms with Gasteiger partial charge in [-0.1, -0.05) is 24.6 Å². The molecule has 0 saturated heterocycles. The van der Waals surface area contributed by atoms with Gasteiger partial charge in [0, 0.05) is 17.6 Å². The Balaban J connectivity index is 1.85. The summed E-state index contributed by atoms with van der Waals surface area (Å²) in [6.45, 7) is 4.37. The molecule has 0 amide bonds. The molecule has 1 saturated carbocycles. The zero-order valence-electron chi connectivity index (χ0n) is 8.82. The molecule has 0 aromatic heterocycles. The topological polar surface area (TPSA) is 12.0 Å². The minimum Gasteiger partial charge on any atom is -0.312 e. The molecular weight excluding hydrogens is 273 g/mol. The third-order valence-corrected chi connectivity index (χ3v) is 4.18. The molecule has 82 valence electrons. The second-order valence-corrected chi connectivity index (χ2v) is 5.92. The summed E-state index contributed by atoms with van der Waals surface area (Å²) in [5, 5.41) is 4.26. The maximum absolute atomic E-state index is 5.93. The molecule has 1 nitrogen and oxygen atoms in total. The van der Waals surface area contributed by atoms with E-state index in [4.69, 9.17) is 11.6 Å². The molecule has 1 N–H and O–H groups in total. The van der Waals surface area contributed by atoms with Crippen LogP contribution < -0.4 is 5.32 Å². The predicted octanol–water partition coefficient (Wildman–Crippen LogP) is 3.99. The van der Waals surface area contributed by atoms with Crippen LogP contribution in [0.1, 0.15) is 25.3 Å². The van der Waals surface area contributed by atoms with Gasteiger partial charge in [-0.15, -0.1) is 0 Å². The second-order valence-electron chi connectivity index (χ2n) is 4.66. The number of nitrogens with one attached hydrogen (secondary N) is 1. The average Bonchev–Trinajstić information content (AvgIpc) is 2.90. The lowest BCUT2D eigenvalue weighted by molar-refractivity contribution is 0.499. The first-order valence-corrected chi connectivity index (χ1v) is 6.41. The Labute approximate surface area is 104 Å². The summed E-state index contributed by atoms with van der Waals surface area (Å²) in [5.41, 5.74) is 1.85. The average molecular weight is 289 g/mol. The van der Waals surface area contributed by atoms with Gasteiger partial charge in [-0.3, -0.25) is 0 Å². The van der Waals surface area contributed by atoms with E-state index >= 15 is 0 Å². The fourth-order valence-electron chi connectivity index (χ4n) is 1.55. The van der Waals surface area contributed by atoms with Crippen LogP contribution in [0.5, 0.6) is 0 Å². The Morgan fingerprint density at radius 1 is 1.47 bits per heavy atom. The Hall–Kier alpha value is -0.0500. The smallest absolute Gasteiger partial charge is 0.0548 e. The van der Waals surface area contributed by atoms with E-state index < -0.39 is 0 Å². The molecule has 15 heavy (non-hydrogen) atoms. The molecule has 3 heteroatoms. The fourth-order valence-corrected chi connectivity index (χ4v) is 2.09. The van der Waals surface area contributed by atoms with Crippen LogP contribution in [0.15, 0.2) is 22.7 Å². The summed E-state index contributed by atoms with van der Waals surface area (Å²) in [6, 6.07) is 6.07. The standard InChI is InChI=1S/C12H15BrClN/c1-12(4-5-12)8-15-7-9-2-3-11(14)10(13)6-9/h2-3,6,15H,4-5,7-8H2,1H3. The molecule has 0 spiro atoms. The van der Waals surface area contributed by atoms with Gasteiger partial charge in [0.15, 0.2) is 0 Å². The van der Waals surface area contributed by atoms with E-state index in [1.165, 1.54) is 18.4 Å². The van der Waals surface area contributed by atoms with E-state index in [0.29, 0.717) is 5.41 Å². The molecule has 0 radical (unpaired) electrons. The highest BCUT2D eigenvalue weighted by Gasteiger charge is 2.36. The lowest BCUT2D eigenvalue weighted by atomic mass is 10.1. The molecule has 0 aliphatic heterocycles. The van der Waals surface area contributed by atoms with Crippen LogP contribution in [0.3, 0.4) is 0 Å². The van der Waals surface area contributed by atoms with E-state index in [2.05, 4.69) is 40.3 Å². The van der Waals surface area contributed by atoms with Crippen molar-refractivity contribution >= 4 is 27.5 Å². The summed E-state index contributed by atoms with van der Waals surface area (Å²) < 4.78 is 0.973. The van der Waals surface area contributed by atoms with Crippen LogP contribution in [0.4, 0.5) is 0 Å². The minimum absolute atomic E-state index is 0.573. The molecule has 0 unspecified atom stereocenters. The summed E-state index contributed by atoms with van der Waals surface area (Å²) in [6.07, 6.45) is 2.73. The molecule has 1 fully saturated rings. The Morgan fingerprint density at radius 2 is 2.20 bits per heavy atom. The summed E-state index contributed by atoms with van der Waals surface area (Å²) in [4.78, 5) is 0. The van der Waals surface area contributed by atoms with E-state index in [1.807, 2.05) is 6.07 Å². The first kappa shape index (κ1) is 11.4. The van der Waals surface area contributed by atoms with Crippen molar-refractivity contribution in [1.82, 2.24) is 5.32 Å². The SMILES string of the molecule is CC1(CNCc2ccc(Cl)c(Br)c2)CC1. The number of hydrogen-bond donors (Lipinski definition) is 1. The van der Waals surface area contributed by atoms with Gasteiger partial charge in [-0.2, -0.15) is 0 Å². The van der Waals surface area contributed by atoms with Crippen LogP contribution in [0.25, 0.3) is 0 Å². The summed E-state index contributed by atoms with van der Waals surface area (Å²) in [5.74, 6) is 0. The first-order chi connectivity index (χ1) is 7.09. The molecule has 0 atom stereocenters. The number of rotatable bonds is 4. The predicted molar refractivity (Wildman–Crippen MR) is 68.2 cm³/mol. The Kier molecular flexibility index (Phi) is 3.39. The second kappa shape index (κ2) is 4.44. The van der Waals surface area contributed by atoms with Crippen molar-refractivity contribution in [1.29, 1.82) is 0 Å². The molecule has 2 rings (SSSR count). The van der Waals surface area contributed by atoms with Gasteiger partial charge in [0.05, 0.1) is 5.02 Å². The third kappa shape index (κ3) is 3.20. The number of benzene rings is 1. The van der Waals surface area contributed by atoms with Crippen molar-refractivity contribution in [3.05, 3.63) is 33.3 Å². The largest absolute Gasteiger partial charge is 0.312 e. The normalized spacial score (nSPS) is 17.8. The summed E-state index contributed by atoms with van der Waals surface area (Å²) >= 11 is 9.36. The van der Waals surface area contributed by atoms with E-state index in [-0.39, 0.29) is 0 Å². The quantitative estimate of drug-likeness (QED) is 0.883. The fraction of sp³-hybridized carbons (Fsp3) is 0.500. The number of halogens is 2. The Bertz CT molecular complexity index is 361. The van der Waals surface area contributed by atoms with Gasteiger partial charge in [0.1, 0.15) is 0 Å².